The van der Waals surface area contributed by atoms with Gasteiger partial charge in [-0.15, -0.1) is 10.2 Å². The first-order chi connectivity index (χ1) is 18.8. The van der Waals surface area contributed by atoms with Gasteiger partial charge in [-0.05, 0) is 60.8 Å². The van der Waals surface area contributed by atoms with E-state index in [1.165, 1.54) is 30.6 Å². The molecule has 1 aliphatic carbocycles. The lowest BCUT2D eigenvalue weighted by atomic mass is 9.83. The van der Waals surface area contributed by atoms with E-state index in [9.17, 15) is 22.8 Å². The normalized spacial score (nSPS) is 20.8. The van der Waals surface area contributed by atoms with Crippen molar-refractivity contribution in [3.63, 3.8) is 0 Å². The van der Waals surface area contributed by atoms with Crippen molar-refractivity contribution in [2.45, 2.75) is 38.7 Å². The fourth-order valence-electron chi connectivity index (χ4n) is 5.58. The Morgan fingerprint density at radius 3 is 2.49 bits per heavy atom. The lowest BCUT2D eigenvalue weighted by molar-refractivity contribution is -0.120. The van der Waals surface area contributed by atoms with Gasteiger partial charge >= 0.3 is 12.2 Å². The standard InChI is InChI=1S/C29H26F3N5O2/c30-29(31,32)24-5-3-4-23-25(24)26(34-35-27(23)38)19-8-10-22(11-9-19)33-28(39)37-16-20-7-6-18(14-21(20)17-37)15-36-12-1-2-13-36/h3-11,14,23H,1-2,12-13,15-17H2,(H,33,39). The van der Waals surface area contributed by atoms with Gasteiger partial charge in [0.05, 0.1) is 17.2 Å². The number of alkyl halides is 3. The fraction of sp³-hybridized carbons (Fsp3) is 0.310. The Hall–Kier alpha value is -4.05. The number of carbonyl (C=O) groups excluding carboxylic acids is 2. The Morgan fingerprint density at radius 1 is 1.00 bits per heavy atom. The van der Waals surface area contributed by atoms with Crippen molar-refractivity contribution in [1.82, 2.24) is 9.80 Å². The minimum absolute atomic E-state index is 0.00914. The van der Waals surface area contributed by atoms with Gasteiger partial charge in [0.2, 0.25) is 0 Å². The molecular formula is C29H26F3N5O2. The van der Waals surface area contributed by atoms with Crippen LogP contribution in [-0.4, -0.2) is 41.0 Å². The second-order valence-electron chi connectivity index (χ2n) is 10.2. The average molecular weight is 534 g/mol. The summed E-state index contributed by atoms with van der Waals surface area (Å²) in [6, 6.07) is 12.5. The smallest absolute Gasteiger partial charge is 0.316 e. The van der Waals surface area contributed by atoms with Gasteiger partial charge in [0.15, 0.2) is 0 Å². The summed E-state index contributed by atoms with van der Waals surface area (Å²) in [4.78, 5) is 29.3. The summed E-state index contributed by atoms with van der Waals surface area (Å²) in [5.41, 5.74) is 3.26. The molecule has 7 nitrogen and oxygen atoms in total. The third-order valence-electron chi connectivity index (χ3n) is 7.54. The van der Waals surface area contributed by atoms with Crippen LogP contribution in [0.15, 0.2) is 82.1 Å². The molecule has 1 fully saturated rings. The van der Waals surface area contributed by atoms with Crippen LogP contribution >= 0.6 is 0 Å². The van der Waals surface area contributed by atoms with Crippen LogP contribution in [0.3, 0.4) is 0 Å². The molecule has 6 rings (SSSR count). The SMILES string of the molecule is O=C1N=NC(c2ccc(NC(=O)N3Cc4ccc(CN5CCCC5)cc4C3)cc2)=C2C(C(F)(F)F)=CC=CC12. The first-order valence-electron chi connectivity index (χ1n) is 12.9. The van der Waals surface area contributed by atoms with E-state index in [4.69, 9.17) is 0 Å². The summed E-state index contributed by atoms with van der Waals surface area (Å²) < 4.78 is 41.2. The van der Waals surface area contributed by atoms with Crippen LogP contribution in [0.5, 0.6) is 0 Å². The topological polar surface area (TPSA) is 77.4 Å². The molecule has 3 heterocycles. The van der Waals surface area contributed by atoms with E-state index in [2.05, 4.69) is 38.6 Å². The quantitative estimate of drug-likeness (QED) is 0.508. The number of hydrogen-bond donors (Lipinski definition) is 1. The van der Waals surface area contributed by atoms with E-state index < -0.39 is 23.6 Å². The fourth-order valence-corrected chi connectivity index (χ4v) is 5.58. The molecule has 4 aliphatic rings. The Balaban J connectivity index is 1.15. The van der Waals surface area contributed by atoms with Crippen LogP contribution < -0.4 is 5.32 Å². The van der Waals surface area contributed by atoms with Crippen molar-refractivity contribution < 1.29 is 22.8 Å². The van der Waals surface area contributed by atoms with Crippen LogP contribution in [0.4, 0.5) is 23.7 Å². The van der Waals surface area contributed by atoms with Gasteiger partial charge in [0.25, 0.3) is 5.91 Å². The Kier molecular flexibility index (Phi) is 6.42. The highest BCUT2D eigenvalue weighted by Crippen LogP contribution is 2.44. The van der Waals surface area contributed by atoms with Crippen molar-refractivity contribution in [3.8, 4) is 0 Å². The molecule has 1 N–H and O–H groups in total. The number of urea groups is 1. The molecule has 0 bridgehead atoms. The van der Waals surface area contributed by atoms with E-state index in [0.717, 1.165) is 36.8 Å². The summed E-state index contributed by atoms with van der Waals surface area (Å²) in [6.45, 7) is 4.20. The summed E-state index contributed by atoms with van der Waals surface area (Å²) >= 11 is 0. The number of carbonyl (C=O) groups is 2. The number of amides is 3. The van der Waals surface area contributed by atoms with E-state index in [1.807, 2.05) is 0 Å². The third kappa shape index (κ3) is 5.04. The van der Waals surface area contributed by atoms with Crippen molar-refractivity contribution >= 4 is 23.3 Å². The molecule has 10 heteroatoms. The molecule has 39 heavy (non-hydrogen) atoms. The van der Waals surface area contributed by atoms with Gasteiger partial charge in [-0.1, -0.05) is 42.5 Å². The number of fused-ring (bicyclic) bond motifs is 2. The maximum absolute atomic E-state index is 13.7. The van der Waals surface area contributed by atoms with Gasteiger partial charge in [0.1, 0.15) is 0 Å². The molecule has 3 aliphatic heterocycles. The molecule has 1 atom stereocenters. The van der Waals surface area contributed by atoms with Crippen LogP contribution in [-0.2, 0) is 24.4 Å². The number of benzene rings is 2. The largest absolute Gasteiger partial charge is 0.416 e. The lowest BCUT2D eigenvalue weighted by Gasteiger charge is -2.26. The molecule has 200 valence electrons. The Morgan fingerprint density at radius 2 is 1.74 bits per heavy atom. The summed E-state index contributed by atoms with van der Waals surface area (Å²) in [5.74, 6) is -1.87. The number of nitrogens with one attached hydrogen (secondary N) is 1. The van der Waals surface area contributed by atoms with Crippen LogP contribution in [0, 0.1) is 5.92 Å². The molecule has 0 aromatic heterocycles. The zero-order chi connectivity index (χ0) is 27.1. The minimum atomic E-state index is -4.65. The highest BCUT2D eigenvalue weighted by molar-refractivity contribution is 5.93. The Labute approximate surface area is 223 Å². The first-order valence-corrected chi connectivity index (χ1v) is 12.9. The molecule has 1 unspecified atom stereocenters. The number of rotatable bonds is 4. The highest BCUT2D eigenvalue weighted by Gasteiger charge is 2.43. The zero-order valence-electron chi connectivity index (χ0n) is 21.0. The van der Waals surface area contributed by atoms with Gasteiger partial charge in [0, 0.05) is 36.5 Å². The maximum Gasteiger partial charge on any atom is 0.416 e. The van der Waals surface area contributed by atoms with Gasteiger partial charge in [-0.3, -0.25) is 9.69 Å². The molecule has 3 amide bonds. The molecule has 0 saturated carbocycles. The van der Waals surface area contributed by atoms with Crippen LogP contribution in [0.2, 0.25) is 0 Å². The monoisotopic (exact) mass is 533 g/mol. The predicted octanol–water partition coefficient (Wildman–Crippen LogP) is 6.21. The maximum atomic E-state index is 13.7. The number of halogens is 3. The third-order valence-corrected chi connectivity index (χ3v) is 7.54. The minimum Gasteiger partial charge on any atom is -0.316 e. The number of anilines is 1. The number of nitrogens with zero attached hydrogens (tertiary/aromatic N) is 4. The number of hydrogen-bond acceptors (Lipinski definition) is 4. The summed E-state index contributed by atoms with van der Waals surface area (Å²) in [7, 11) is 0. The number of allylic oxidation sites excluding steroid dienone is 3. The highest BCUT2D eigenvalue weighted by atomic mass is 19.4. The zero-order valence-corrected chi connectivity index (χ0v) is 21.0. The molecule has 0 radical (unpaired) electrons. The van der Waals surface area contributed by atoms with Crippen LogP contribution in [0.25, 0.3) is 5.70 Å². The molecular weight excluding hydrogens is 507 g/mol. The molecule has 2 aromatic carbocycles. The van der Waals surface area contributed by atoms with E-state index in [0.29, 0.717) is 24.3 Å². The van der Waals surface area contributed by atoms with Gasteiger partial charge in [-0.2, -0.15) is 13.2 Å². The van der Waals surface area contributed by atoms with Crippen molar-refractivity contribution in [2.75, 3.05) is 18.4 Å². The number of likely N-dealkylation sites (tertiary alicyclic amines) is 1. The predicted molar refractivity (Wildman–Crippen MR) is 139 cm³/mol. The van der Waals surface area contributed by atoms with Gasteiger partial charge in [-0.25, -0.2) is 4.79 Å². The van der Waals surface area contributed by atoms with Crippen molar-refractivity contribution in [3.05, 3.63) is 94.1 Å². The Bertz CT molecular complexity index is 1450. The van der Waals surface area contributed by atoms with E-state index in [1.54, 1.807) is 29.2 Å². The van der Waals surface area contributed by atoms with Crippen molar-refractivity contribution in [2.24, 2.45) is 16.1 Å². The summed E-state index contributed by atoms with van der Waals surface area (Å²) in [6.07, 6.45) is 1.39. The molecule has 0 spiro atoms. The second-order valence-corrected chi connectivity index (χ2v) is 10.2. The average Bonchev–Trinajstić information content (AvgIpc) is 3.59. The molecule has 1 saturated heterocycles. The van der Waals surface area contributed by atoms with E-state index >= 15 is 0 Å². The van der Waals surface area contributed by atoms with E-state index in [-0.39, 0.29) is 17.3 Å². The lowest BCUT2D eigenvalue weighted by Crippen LogP contribution is -2.30. The van der Waals surface area contributed by atoms with Crippen LogP contribution in [0.1, 0.15) is 35.1 Å². The first kappa shape index (κ1) is 25.2. The second kappa shape index (κ2) is 9.92. The summed E-state index contributed by atoms with van der Waals surface area (Å²) in [5, 5.41) is 10.3. The molecule has 2 aromatic rings. The van der Waals surface area contributed by atoms with Gasteiger partial charge < -0.3 is 10.2 Å². The van der Waals surface area contributed by atoms with Crippen molar-refractivity contribution in [1.29, 1.82) is 0 Å². The number of azo groups is 1.